The van der Waals surface area contributed by atoms with Crippen LogP contribution in [0.1, 0.15) is 24.2 Å². The Labute approximate surface area is 109 Å². The highest BCUT2D eigenvalue weighted by Crippen LogP contribution is 2.19. The first-order valence-corrected chi connectivity index (χ1v) is 5.52. The summed E-state index contributed by atoms with van der Waals surface area (Å²) in [6.07, 6.45) is 0. The van der Waals surface area contributed by atoms with E-state index in [4.69, 9.17) is 10.9 Å². The van der Waals surface area contributed by atoms with Crippen LogP contribution in [-0.2, 0) is 0 Å². The number of benzene rings is 1. The molecule has 6 nitrogen and oxygen atoms in total. The standard InChI is InChI=1S/C12H16FN3O3/c1-12(2,11(14)16-19)6-15-10(18)8-4-3-7(13)5-9(8)17/h3-5,17,19H,6H2,1-2H3,(H2,14,16)(H,15,18). The number of phenols is 1. The predicted molar refractivity (Wildman–Crippen MR) is 67.6 cm³/mol. The number of nitrogens with two attached hydrogens (primary N) is 1. The van der Waals surface area contributed by atoms with Crippen LogP contribution in [0.4, 0.5) is 4.39 Å². The van der Waals surface area contributed by atoms with Crippen LogP contribution in [0.25, 0.3) is 0 Å². The second kappa shape index (κ2) is 5.55. The van der Waals surface area contributed by atoms with Crippen molar-refractivity contribution in [1.29, 1.82) is 0 Å². The van der Waals surface area contributed by atoms with E-state index in [0.717, 1.165) is 12.1 Å². The molecule has 0 atom stereocenters. The minimum Gasteiger partial charge on any atom is -0.507 e. The summed E-state index contributed by atoms with van der Waals surface area (Å²) in [5, 5.41) is 23.5. The Bertz CT molecular complexity index is 515. The van der Waals surface area contributed by atoms with E-state index in [2.05, 4.69) is 10.5 Å². The number of amidine groups is 1. The van der Waals surface area contributed by atoms with E-state index in [-0.39, 0.29) is 17.9 Å². The molecule has 0 aliphatic rings. The Balaban J connectivity index is 2.76. The second-order valence-corrected chi connectivity index (χ2v) is 4.71. The predicted octanol–water partition coefficient (Wildman–Crippen LogP) is 1.03. The van der Waals surface area contributed by atoms with Crippen LogP contribution in [-0.4, -0.2) is 28.6 Å². The van der Waals surface area contributed by atoms with E-state index >= 15 is 0 Å². The summed E-state index contributed by atoms with van der Waals surface area (Å²) in [7, 11) is 0. The van der Waals surface area contributed by atoms with Crippen LogP contribution < -0.4 is 11.1 Å². The monoisotopic (exact) mass is 269 g/mol. The van der Waals surface area contributed by atoms with Crippen LogP contribution >= 0.6 is 0 Å². The van der Waals surface area contributed by atoms with Crippen molar-refractivity contribution >= 4 is 11.7 Å². The van der Waals surface area contributed by atoms with E-state index in [1.165, 1.54) is 6.07 Å². The van der Waals surface area contributed by atoms with Gasteiger partial charge in [-0.05, 0) is 12.1 Å². The van der Waals surface area contributed by atoms with Gasteiger partial charge in [0.05, 0.1) is 5.56 Å². The largest absolute Gasteiger partial charge is 0.507 e. The summed E-state index contributed by atoms with van der Waals surface area (Å²) in [6, 6.07) is 3.10. The molecule has 0 aliphatic carbocycles. The number of carbonyl (C=O) groups excluding carboxylic acids is 1. The van der Waals surface area contributed by atoms with Crippen molar-refractivity contribution in [2.75, 3.05) is 6.54 Å². The van der Waals surface area contributed by atoms with Crippen LogP contribution in [0, 0.1) is 11.2 Å². The molecule has 1 aromatic carbocycles. The summed E-state index contributed by atoms with van der Waals surface area (Å²) in [6.45, 7) is 3.44. The van der Waals surface area contributed by atoms with Gasteiger partial charge in [0.25, 0.3) is 5.91 Å². The number of oxime groups is 1. The van der Waals surface area contributed by atoms with Crippen molar-refractivity contribution in [2.24, 2.45) is 16.3 Å². The lowest BCUT2D eigenvalue weighted by Crippen LogP contribution is -2.42. The first-order chi connectivity index (χ1) is 8.77. The molecule has 0 aliphatic heterocycles. The summed E-state index contributed by atoms with van der Waals surface area (Å²) in [4.78, 5) is 11.8. The number of halogens is 1. The van der Waals surface area contributed by atoms with Gasteiger partial charge < -0.3 is 21.4 Å². The average Bonchev–Trinajstić information content (AvgIpc) is 2.35. The summed E-state index contributed by atoms with van der Waals surface area (Å²) in [5.74, 6) is -1.68. The van der Waals surface area contributed by atoms with E-state index in [1.54, 1.807) is 13.8 Å². The maximum Gasteiger partial charge on any atom is 0.255 e. The van der Waals surface area contributed by atoms with Gasteiger partial charge in [-0.1, -0.05) is 19.0 Å². The zero-order valence-electron chi connectivity index (χ0n) is 10.6. The number of nitrogens with one attached hydrogen (secondary N) is 1. The third kappa shape index (κ3) is 3.57. The van der Waals surface area contributed by atoms with Crippen molar-refractivity contribution in [3.8, 4) is 5.75 Å². The first kappa shape index (κ1) is 14.7. The first-order valence-electron chi connectivity index (χ1n) is 5.52. The average molecular weight is 269 g/mol. The Morgan fingerprint density at radius 2 is 2.16 bits per heavy atom. The van der Waals surface area contributed by atoms with E-state index in [1.807, 2.05) is 0 Å². The molecule has 1 rings (SSSR count). The molecular formula is C12H16FN3O3. The van der Waals surface area contributed by atoms with Gasteiger partial charge in [-0.2, -0.15) is 0 Å². The fourth-order valence-electron chi connectivity index (χ4n) is 1.32. The molecule has 0 radical (unpaired) electrons. The van der Waals surface area contributed by atoms with E-state index in [9.17, 15) is 14.3 Å². The molecule has 0 heterocycles. The third-order valence-electron chi connectivity index (χ3n) is 2.70. The highest BCUT2D eigenvalue weighted by atomic mass is 19.1. The van der Waals surface area contributed by atoms with E-state index in [0.29, 0.717) is 0 Å². The molecule has 0 aromatic heterocycles. The lowest BCUT2D eigenvalue weighted by Gasteiger charge is -2.23. The van der Waals surface area contributed by atoms with Gasteiger partial charge in [-0.25, -0.2) is 4.39 Å². The molecule has 0 spiro atoms. The minimum atomic E-state index is -0.750. The van der Waals surface area contributed by atoms with Crippen molar-refractivity contribution < 1.29 is 19.5 Å². The second-order valence-electron chi connectivity index (χ2n) is 4.71. The molecule has 0 fully saturated rings. The number of hydrogen-bond acceptors (Lipinski definition) is 4. The smallest absolute Gasteiger partial charge is 0.255 e. The number of carbonyl (C=O) groups is 1. The fourth-order valence-corrected chi connectivity index (χ4v) is 1.32. The number of hydrogen-bond donors (Lipinski definition) is 4. The molecule has 1 aromatic rings. The molecule has 19 heavy (non-hydrogen) atoms. The summed E-state index contributed by atoms with van der Waals surface area (Å²) < 4.78 is 12.8. The van der Waals surface area contributed by atoms with Crippen molar-refractivity contribution in [1.82, 2.24) is 5.32 Å². The summed E-state index contributed by atoms with van der Waals surface area (Å²) in [5.41, 5.74) is 4.68. The highest BCUT2D eigenvalue weighted by molar-refractivity contribution is 5.97. The Morgan fingerprint density at radius 3 is 2.68 bits per heavy atom. The van der Waals surface area contributed by atoms with Gasteiger partial charge in [-0.15, -0.1) is 0 Å². The quantitative estimate of drug-likeness (QED) is 0.283. The van der Waals surface area contributed by atoms with Gasteiger partial charge in [0.2, 0.25) is 0 Å². The molecule has 0 saturated carbocycles. The van der Waals surface area contributed by atoms with Gasteiger partial charge in [0.15, 0.2) is 0 Å². The van der Waals surface area contributed by atoms with Crippen LogP contribution in [0.2, 0.25) is 0 Å². The number of amides is 1. The Hall–Kier alpha value is -2.31. The van der Waals surface area contributed by atoms with Gasteiger partial charge in [0.1, 0.15) is 17.4 Å². The molecule has 0 saturated heterocycles. The Kier molecular flexibility index (Phi) is 4.31. The number of rotatable bonds is 4. The summed E-state index contributed by atoms with van der Waals surface area (Å²) >= 11 is 0. The molecule has 104 valence electrons. The lowest BCUT2D eigenvalue weighted by atomic mass is 9.92. The molecular weight excluding hydrogens is 253 g/mol. The highest BCUT2D eigenvalue weighted by Gasteiger charge is 2.25. The van der Waals surface area contributed by atoms with E-state index < -0.39 is 22.9 Å². The lowest BCUT2D eigenvalue weighted by molar-refractivity contribution is 0.0941. The zero-order valence-corrected chi connectivity index (χ0v) is 10.6. The number of nitrogens with zero attached hydrogens (tertiary/aromatic N) is 1. The van der Waals surface area contributed by atoms with Gasteiger partial charge in [-0.3, -0.25) is 4.79 Å². The van der Waals surface area contributed by atoms with Crippen LogP contribution in [0.3, 0.4) is 0 Å². The Morgan fingerprint density at radius 1 is 1.53 bits per heavy atom. The molecule has 5 N–H and O–H groups in total. The molecule has 7 heteroatoms. The normalized spacial score (nSPS) is 12.3. The van der Waals surface area contributed by atoms with Gasteiger partial charge in [0, 0.05) is 18.0 Å². The number of phenolic OH excluding ortho intramolecular Hbond substituents is 1. The fraction of sp³-hybridized carbons (Fsp3) is 0.333. The van der Waals surface area contributed by atoms with Crippen molar-refractivity contribution in [3.05, 3.63) is 29.6 Å². The molecule has 0 bridgehead atoms. The third-order valence-corrected chi connectivity index (χ3v) is 2.70. The van der Waals surface area contributed by atoms with Crippen molar-refractivity contribution in [3.63, 3.8) is 0 Å². The topological polar surface area (TPSA) is 108 Å². The minimum absolute atomic E-state index is 0.0314. The molecule has 0 unspecified atom stereocenters. The maximum atomic E-state index is 12.8. The van der Waals surface area contributed by atoms with Crippen LogP contribution in [0.15, 0.2) is 23.4 Å². The van der Waals surface area contributed by atoms with Crippen molar-refractivity contribution in [2.45, 2.75) is 13.8 Å². The SMILES string of the molecule is CC(C)(CNC(=O)c1ccc(F)cc1O)/C(N)=N/O. The number of aromatic hydroxyl groups is 1. The van der Waals surface area contributed by atoms with Gasteiger partial charge >= 0.3 is 0 Å². The zero-order chi connectivity index (χ0) is 14.6. The maximum absolute atomic E-state index is 12.8. The molecule has 1 amide bonds. The van der Waals surface area contributed by atoms with Crippen LogP contribution in [0.5, 0.6) is 5.75 Å².